The molecule has 2 N–H and O–H groups in total. The summed E-state index contributed by atoms with van der Waals surface area (Å²) < 4.78 is 2.03. The number of anilines is 1. The number of amides is 1. The van der Waals surface area contributed by atoms with Crippen molar-refractivity contribution in [3.05, 3.63) is 29.5 Å². The lowest BCUT2D eigenvalue weighted by Gasteiger charge is -2.27. The molecule has 1 amide bonds. The van der Waals surface area contributed by atoms with Crippen molar-refractivity contribution in [3.63, 3.8) is 0 Å². The fraction of sp³-hybridized carbons (Fsp3) is 0.686. The Morgan fingerprint density at radius 3 is 2.57 bits per heavy atom. The van der Waals surface area contributed by atoms with Crippen LogP contribution >= 0.6 is 0 Å². The second-order valence-electron chi connectivity index (χ2n) is 13.8. The van der Waals surface area contributed by atoms with Crippen molar-refractivity contribution < 1.29 is 14.4 Å². The summed E-state index contributed by atoms with van der Waals surface area (Å²) in [6, 6.07) is 4.22. The molecule has 2 bridgehead atoms. The first-order valence-electron chi connectivity index (χ1n) is 16.9. The van der Waals surface area contributed by atoms with Crippen molar-refractivity contribution in [2.24, 2.45) is 11.3 Å². The van der Waals surface area contributed by atoms with Gasteiger partial charge in [0.2, 0.25) is 5.91 Å². The first kappa shape index (κ1) is 29.4. The monoisotopic (exact) mass is 574 g/mol. The van der Waals surface area contributed by atoms with Crippen LogP contribution in [0.5, 0.6) is 0 Å². The summed E-state index contributed by atoms with van der Waals surface area (Å²) >= 11 is 0. The number of Topliss-reactive ketones (excluding diaryl/α,β-unsaturated/α-hetero) is 2. The van der Waals surface area contributed by atoms with Crippen molar-refractivity contribution in [2.75, 3.05) is 25.0 Å². The number of piperidine rings is 1. The molecule has 1 aromatic heterocycles. The predicted molar refractivity (Wildman–Crippen MR) is 168 cm³/mol. The van der Waals surface area contributed by atoms with Crippen molar-refractivity contribution >= 4 is 34.1 Å². The highest BCUT2D eigenvalue weighted by molar-refractivity contribution is 6.09. The fourth-order valence-electron chi connectivity index (χ4n) is 8.29. The van der Waals surface area contributed by atoms with Crippen LogP contribution in [0, 0.1) is 11.3 Å². The van der Waals surface area contributed by atoms with Gasteiger partial charge in [0.25, 0.3) is 0 Å². The van der Waals surface area contributed by atoms with E-state index in [4.69, 9.17) is 0 Å². The molecule has 6 rings (SSSR count). The summed E-state index contributed by atoms with van der Waals surface area (Å²) in [7, 11) is 0. The van der Waals surface area contributed by atoms with E-state index in [-0.39, 0.29) is 41.5 Å². The van der Waals surface area contributed by atoms with Gasteiger partial charge in [0, 0.05) is 53.8 Å². The van der Waals surface area contributed by atoms with Gasteiger partial charge in [-0.25, -0.2) is 0 Å². The number of carbonyl (C=O) groups excluding carboxylic acids is 3. The number of aryl methyl sites for hydroxylation is 1. The van der Waals surface area contributed by atoms with Crippen molar-refractivity contribution in [1.29, 1.82) is 0 Å². The molecule has 2 saturated carbocycles. The topological polar surface area (TPSA) is 83.4 Å². The van der Waals surface area contributed by atoms with E-state index in [1.165, 1.54) is 56.9 Å². The Kier molecular flexibility index (Phi) is 8.76. The highest BCUT2D eigenvalue weighted by atomic mass is 16.2. The van der Waals surface area contributed by atoms with E-state index in [1.54, 1.807) is 6.92 Å². The zero-order valence-corrected chi connectivity index (χ0v) is 25.8. The van der Waals surface area contributed by atoms with Gasteiger partial charge in [0.05, 0.1) is 11.6 Å². The molecule has 1 saturated heterocycles. The van der Waals surface area contributed by atoms with Gasteiger partial charge < -0.3 is 20.1 Å². The lowest BCUT2D eigenvalue weighted by atomic mass is 9.89. The molecule has 0 spiro atoms. The lowest BCUT2D eigenvalue weighted by Crippen LogP contribution is -2.44. The Morgan fingerprint density at radius 1 is 1.02 bits per heavy atom. The summed E-state index contributed by atoms with van der Waals surface area (Å²) in [4.78, 5) is 42.0. The maximum atomic E-state index is 14.1. The Labute approximate surface area is 251 Å². The minimum Gasteiger partial charge on any atom is -0.385 e. The summed E-state index contributed by atoms with van der Waals surface area (Å²) in [5.74, 6) is 0.906. The van der Waals surface area contributed by atoms with Crippen molar-refractivity contribution in [2.45, 2.75) is 122 Å². The van der Waals surface area contributed by atoms with E-state index in [1.807, 2.05) is 22.6 Å². The number of rotatable bonds is 6. The molecular weight excluding hydrogens is 524 g/mol. The summed E-state index contributed by atoms with van der Waals surface area (Å²) in [5, 5.41) is 8.35. The lowest BCUT2D eigenvalue weighted by molar-refractivity contribution is -0.139. The second-order valence-corrected chi connectivity index (χ2v) is 13.8. The van der Waals surface area contributed by atoms with E-state index in [9.17, 15) is 14.4 Å². The number of benzene rings is 1. The molecule has 42 heavy (non-hydrogen) atoms. The van der Waals surface area contributed by atoms with Crippen LogP contribution < -0.4 is 10.6 Å². The van der Waals surface area contributed by atoms with Gasteiger partial charge in [0.15, 0.2) is 11.6 Å². The quantitative estimate of drug-likeness (QED) is 0.397. The number of carbonyl (C=O) groups is 3. The van der Waals surface area contributed by atoms with E-state index in [0.29, 0.717) is 17.9 Å². The number of hydrogen-bond donors (Lipinski definition) is 2. The van der Waals surface area contributed by atoms with Crippen LogP contribution in [-0.4, -0.2) is 58.7 Å². The maximum Gasteiger partial charge on any atom is 0.243 e. The molecule has 7 heteroatoms. The van der Waals surface area contributed by atoms with Crippen LogP contribution in [0.15, 0.2) is 18.3 Å². The Balaban J connectivity index is 1.35. The second kappa shape index (κ2) is 12.5. The van der Waals surface area contributed by atoms with Gasteiger partial charge in [-0.3, -0.25) is 14.4 Å². The molecule has 3 heterocycles. The molecule has 2 aliphatic carbocycles. The van der Waals surface area contributed by atoms with Gasteiger partial charge in [-0.05, 0) is 82.0 Å². The maximum absolute atomic E-state index is 14.1. The third kappa shape index (κ3) is 5.91. The summed E-state index contributed by atoms with van der Waals surface area (Å²) in [5.41, 5.74) is 4.03. The predicted octanol–water partition coefficient (Wildman–Crippen LogP) is 6.27. The molecule has 228 valence electrons. The largest absolute Gasteiger partial charge is 0.385 e. The van der Waals surface area contributed by atoms with Crippen LogP contribution in [0.4, 0.5) is 5.69 Å². The summed E-state index contributed by atoms with van der Waals surface area (Å²) in [6.45, 7) is 6.56. The standard InChI is InChI=1S/C35H50N4O3/c1-3-31(41)30-18-35-19-32(35)39(30)33(42)22-38-21-29(24(2)40)28-17-27(37-20-25-12-8-7-9-13-25)16-26(34(28)38)14-10-5-4-6-11-15-36-23-35/h16-17,21,25,30,32,36-37H,3-15,18-20,22-23H2,1-2H3/t30-,32+,35-/m0/s1. The Hall–Kier alpha value is -2.67. The van der Waals surface area contributed by atoms with Crippen molar-refractivity contribution in [3.8, 4) is 0 Å². The van der Waals surface area contributed by atoms with Gasteiger partial charge in [0.1, 0.15) is 6.54 Å². The summed E-state index contributed by atoms with van der Waals surface area (Å²) in [6.07, 6.45) is 17.5. The molecule has 0 unspecified atom stereocenters. The van der Waals surface area contributed by atoms with E-state index >= 15 is 0 Å². The third-order valence-corrected chi connectivity index (χ3v) is 10.8. The first-order chi connectivity index (χ1) is 20.4. The average Bonchev–Trinajstić information content (AvgIpc) is 3.40. The molecule has 3 atom stereocenters. The third-order valence-electron chi connectivity index (χ3n) is 10.8. The smallest absolute Gasteiger partial charge is 0.243 e. The van der Waals surface area contributed by atoms with Gasteiger partial charge >= 0.3 is 0 Å². The molecule has 3 fully saturated rings. The molecule has 2 aromatic rings. The zero-order chi connectivity index (χ0) is 29.3. The van der Waals surface area contributed by atoms with E-state index in [0.717, 1.165) is 68.3 Å². The van der Waals surface area contributed by atoms with Gasteiger partial charge in [-0.1, -0.05) is 45.4 Å². The highest BCUT2D eigenvalue weighted by Crippen LogP contribution is 2.59. The van der Waals surface area contributed by atoms with Crippen LogP contribution in [0.1, 0.15) is 113 Å². The number of ketones is 2. The zero-order valence-electron chi connectivity index (χ0n) is 25.8. The van der Waals surface area contributed by atoms with Crippen LogP contribution in [0.2, 0.25) is 0 Å². The van der Waals surface area contributed by atoms with Gasteiger partial charge in [-0.15, -0.1) is 0 Å². The number of nitrogens with zero attached hydrogens (tertiary/aromatic N) is 2. The molecule has 4 aliphatic rings. The fourth-order valence-corrected chi connectivity index (χ4v) is 8.29. The number of aromatic nitrogens is 1. The van der Waals surface area contributed by atoms with Crippen molar-refractivity contribution in [1.82, 2.24) is 14.8 Å². The molecule has 0 radical (unpaired) electrons. The van der Waals surface area contributed by atoms with Crippen LogP contribution in [0.3, 0.4) is 0 Å². The van der Waals surface area contributed by atoms with Gasteiger partial charge in [-0.2, -0.15) is 0 Å². The van der Waals surface area contributed by atoms with Crippen LogP contribution in [0.25, 0.3) is 10.9 Å². The van der Waals surface area contributed by atoms with E-state index in [2.05, 4.69) is 22.8 Å². The van der Waals surface area contributed by atoms with E-state index < -0.39 is 0 Å². The Morgan fingerprint density at radius 2 is 1.79 bits per heavy atom. The minimum atomic E-state index is -0.328. The normalized spacial score (nSPS) is 27.5. The SMILES string of the molecule is CCC(=O)[C@@H]1C[C@]23CNCCCCCCCc4cc(NCC5CCCCC5)cc5c(C(C)=O)cn(c45)CC(=O)N1[C@@H]2C3. The highest BCUT2D eigenvalue weighted by Gasteiger charge is 2.66. The Bertz CT molecular complexity index is 1330. The van der Waals surface area contributed by atoms with Crippen LogP contribution in [-0.2, 0) is 22.6 Å². The molecule has 2 aliphatic heterocycles. The average molecular weight is 575 g/mol. The molecule has 1 aromatic carbocycles. The molecule has 7 nitrogen and oxygen atoms in total. The first-order valence-corrected chi connectivity index (χ1v) is 16.9. The number of nitrogens with one attached hydrogen (secondary N) is 2. The molecular formula is C35H50N4O3. The minimum absolute atomic E-state index is 0.00736. The number of hydrogen-bond acceptors (Lipinski definition) is 5.